The molecule has 0 amide bonds. The number of hydrogen-bond acceptors (Lipinski definition) is 4. The Morgan fingerprint density at radius 1 is 1.16 bits per heavy atom. The van der Waals surface area contributed by atoms with Crippen molar-refractivity contribution in [3.05, 3.63) is 0 Å². The third-order valence-corrected chi connectivity index (χ3v) is 4.69. The normalized spacial score (nSPS) is 12.8. The molecule has 19 heavy (non-hydrogen) atoms. The lowest BCUT2D eigenvalue weighted by molar-refractivity contribution is 0.137. The lowest BCUT2D eigenvalue weighted by atomic mass is 10.3. The molecule has 6 nitrogen and oxygen atoms in total. The van der Waals surface area contributed by atoms with Gasteiger partial charge in [0.1, 0.15) is 0 Å². The van der Waals surface area contributed by atoms with Crippen LogP contribution in [0.15, 0.2) is 0 Å². The van der Waals surface area contributed by atoms with Crippen molar-refractivity contribution in [1.82, 2.24) is 13.9 Å². The first-order chi connectivity index (χ1) is 8.82. The summed E-state index contributed by atoms with van der Waals surface area (Å²) < 4.78 is 32.1. The van der Waals surface area contributed by atoms with E-state index in [0.717, 1.165) is 13.0 Å². The van der Waals surface area contributed by atoms with Gasteiger partial charge in [-0.2, -0.15) is 17.0 Å². The molecule has 0 aliphatic rings. The van der Waals surface area contributed by atoms with Gasteiger partial charge < -0.3 is 10.1 Å². The van der Waals surface area contributed by atoms with Crippen molar-refractivity contribution in [2.24, 2.45) is 0 Å². The fourth-order valence-corrected chi connectivity index (χ4v) is 2.64. The molecule has 0 aliphatic carbocycles. The maximum absolute atomic E-state index is 12.1. The molecular weight excluding hydrogens is 266 g/mol. The van der Waals surface area contributed by atoms with E-state index in [9.17, 15) is 8.42 Å². The highest BCUT2D eigenvalue weighted by molar-refractivity contribution is 7.86. The fourth-order valence-electron chi connectivity index (χ4n) is 1.50. The molecule has 0 aromatic carbocycles. The monoisotopic (exact) mass is 295 g/mol. The first-order valence-electron chi connectivity index (χ1n) is 6.81. The molecule has 0 rings (SSSR count). The van der Waals surface area contributed by atoms with E-state index in [0.29, 0.717) is 32.3 Å². The van der Waals surface area contributed by atoms with Gasteiger partial charge in [-0.15, -0.1) is 0 Å². The van der Waals surface area contributed by atoms with Crippen LogP contribution < -0.4 is 5.32 Å². The zero-order valence-electron chi connectivity index (χ0n) is 12.8. The summed E-state index contributed by atoms with van der Waals surface area (Å²) in [7, 11) is -0.168. The molecule has 0 spiro atoms. The second kappa shape index (κ2) is 9.66. The lowest BCUT2D eigenvalue weighted by Gasteiger charge is -2.24. The number of hydrogen-bond donors (Lipinski definition) is 1. The summed E-state index contributed by atoms with van der Waals surface area (Å²) in [4.78, 5) is 0. The highest BCUT2D eigenvalue weighted by Crippen LogP contribution is 2.04. The number of ether oxygens (including phenoxy) is 1. The molecule has 0 atom stereocenters. The number of nitrogens with one attached hydrogen (secondary N) is 1. The Morgan fingerprint density at radius 2 is 1.74 bits per heavy atom. The first-order valence-corrected chi connectivity index (χ1v) is 8.20. The minimum atomic E-state index is -3.36. The zero-order valence-corrected chi connectivity index (χ0v) is 13.7. The van der Waals surface area contributed by atoms with Crippen LogP contribution in [0.4, 0.5) is 0 Å². The van der Waals surface area contributed by atoms with Crippen LogP contribution in [0.1, 0.15) is 27.2 Å². The smallest absolute Gasteiger partial charge is 0.281 e. The van der Waals surface area contributed by atoms with E-state index in [1.807, 2.05) is 6.92 Å². The summed E-state index contributed by atoms with van der Waals surface area (Å²) in [6, 6.07) is 0.427. The molecule has 0 unspecified atom stereocenters. The molecule has 0 aromatic rings. The third-order valence-electron chi connectivity index (χ3n) is 2.74. The number of nitrogens with zero attached hydrogens (tertiary/aromatic N) is 2. The van der Waals surface area contributed by atoms with E-state index in [1.165, 1.54) is 8.61 Å². The molecule has 0 saturated carbocycles. The molecule has 0 radical (unpaired) electrons. The van der Waals surface area contributed by atoms with Crippen molar-refractivity contribution >= 4 is 10.2 Å². The van der Waals surface area contributed by atoms with Crippen LogP contribution in [0.3, 0.4) is 0 Å². The molecule has 116 valence electrons. The maximum atomic E-state index is 12.1. The van der Waals surface area contributed by atoms with Gasteiger partial charge >= 0.3 is 0 Å². The van der Waals surface area contributed by atoms with Crippen molar-refractivity contribution < 1.29 is 13.2 Å². The van der Waals surface area contributed by atoms with Crippen molar-refractivity contribution in [1.29, 1.82) is 0 Å². The molecular formula is C12H29N3O3S. The van der Waals surface area contributed by atoms with E-state index in [2.05, 4.69) is 19.2 Å². The summed E-state index contributed by atoms with van der Waals surface area (Å²) in [6.45, 7) is 8.78. The zero-order chi connectivity index (χ0) is 14.9. The standard InChI is InChI=1S/C12H29N3O3S/c1-6-18-11-10-15(5)19(16,17)14(4)9-7-8-13-12(2)3/h12-13H,6-11H2,1-5H3. The third kappa shape index (κ3) is 7.84. The Morgan fingerprint density at radius 3 is 2.26 bits per heavy atom. The number of rotatable bonds is 11. The van der Waals surface area contributed by atoms with E-state index in [4.69, 9.17) is 4.74 Å². The van der Waals surface area contributed by atoms with Gasteiger partial charge in [-0.1, -0.05) is 13.8 Å². The van der Waals surface area contributed by atoms with Gasteiger partial charge in [0.25, 0.3) is 10.2 Å². The summed E-state index contributed by atoms with van der Waals surface area (Å²) in [5, 5.41) is 3.27. The second-order valence-corrected chi connectivity index (χ2v) is 6.95. The summed E-state index contributed by atoms with van der Waals surface area (Å²) >= 11 is 0. The number of likely N-dealkylation sites (N-methyl/N-ethyl adjacent to an activating group) is 1. The van der Waals surface area contributed by atoms with Crippen LogP contribution in [-0.2, 0) is 14.9 Å². The van der Waals surface area contributed by atoms with Gasteiger partial charge in [-0.25, -0.2) is 0 Å². The average Bonchev–Trinajstić information content (AvgIpc) is 2.34. The molecule has 0 bridgehead atoms. The summed E-state index contributed by atoms with van der Waals surface area (Å²) in [6.07, 6.45) is 0.799. The Kier molecular flexibility index (Phi) is 9.55. The predicted molar refractivity (Wildman–Crippen MR) is 78.4 cm³/mol. The van der Waals surface area contributed by atoms with E-state index in [1.54, 1.807) is 14.1 Å². The van der Waals surface area contributed by atoms with Crippen molar-refractivity contribution in [2.75, 3.05) is 46.9 Å². The molecule has 0 aliphatic heterocycles. The van der Waals surface area contributed by atoms with Gasteiger partial charge in [-0.3, -0.25) is 0 Å². The van der Waals surface area contributed by atoms with Crippen molar-refractivity contribution in [3.63, 3.8) is 0 Å². The van der Waals surface area contributed by atoms with E-state index < -0.39 is 10.2 Å². The van der Waals surface area contributed by atoms with Gasteiger partial charge in [0.15, 0.2) is 0 Å². The Balaban J connectivity index is 4.08. The Labute approximate surface area is 118 Å². The summed E-state index contributed by atoms with van der Waals surface area (Å²) in [5.41, 5.74) is 0. The first kappa shape index (κ1) is 18.8. The Hall–Kier alpha value is -0.210. The highest BCUT2D eigenvalue weighted by Gasteiger charge is 2.22. The van der Waals surface area contributed by atoms with E-state index >= 15 is 0 Å². The fraction of sp³-hybridized carbons (Fsp3) is 1.00. The van der Waals surface area contributed by atoms with Crippen molar-refractivity contribution in [2.45, 2.75) is 33.2 Å². The molecule has 0 saturated heterocycles. The van der Waals surface area contributed by atoms with Crippen LogP contribution in [0, 0.1) is 0 Å². The van der Waals surface area contributed by atoms with Crippen LogP contribution in [0.25, 0.3) is 0 Å². The van der Waals surface area contributed by atoms with Gasteiger partial charge in [0.2, 0.25) is 0 Å². The summed E-state index contributed by atoms with van der Waals surface area (Å²) in [5.74, 6) is 0. The molecule has 1 N–H and O–H groups in total. The molecule has 0 heterocycles. The minimum Gasteiger partial charge on any atom is -0.380 e. The van der Waals surface area contributed by atoms with Gasteiger partial charge in [0, 0.05) is 39.8 Å². The average molecular weight is 295 g/mol. The second-order valence-electron chi connectivity index (χ2n) is 4.81. The molecule has 7 heteroatoms. The maximum Gasteiger partial charge on any atom is 0.281 e. The Bertz CT molecular complexity index is 320. The molecule has 0 fully saturated rings. The largest absolute Gasteiger partial charge is 0.380 e. The van der Waals surface area contributed by atoms with Crippen LogP contribution >= 0.6 is 0 Å². The van der Waals surface area contributed by atoms with Gasteiger partial charge in [0.05, 0.1) is 6.61 Å². The predicted octanol–water partition coefficient (Wildman–Crippen LogP) is 0.519. The SMILES string of the molecule is CCOCCN(C)S(=O)(=O)N(C)CCCNC(C)C. The van der Waals surface area contributed by atoms with Gasteiger partial charge in [-0.05, 0) is 19.9 Å². The minimum absolute atomic E-state index is 0.380. The van der Waals surface area contributed by atoms with Crippen LogP contribution in [0.5, 0.6) is 0 Å². The molecule has 0 aromatic heterocycles. The topological polar surface area (TPSA) is 61.9 Å². The van der Waals surface area contributed by atoms with Crippen LogP contribution in [-0.4, -0.2) is 70.0 Å². The highest BCUT2D eigenvalue weighted by atomic mass is 32.2. The lowest BCUT2D eigenvalue weighted by Crippen LogP contribution is -2.42. The quantitative estimate of drug-likeness (QED) is 0.565. The van der Waals surface area contributed by atoms with E-state index in [-0.39, 0.29) is 0 Å². The van der Waals surface area contributed by atoms with Crippen molar-refractivity contribution in [3.8, 4) is 0 Å². The van der Waals surface area contributed by atoms with Crippen LogP contribution in [0.2, 0.25) is 0 Å².